The Morgan fingerprint density at radius 2 is 2.05 bits per heavy atom. The molecule has 3 rings (SSSR count). The summed E-state index contributed by atoms with van der Waals surface area (Å²) in [7, 11) is 0. The van der Waals surface area contributed by atoms with E-state index >= 15 is 0 Å². The molecule has 1 N–H and O–H groups in total. The molecule has 0 saturated heterocycles. The van der Waals surface area contributed by atoms with Gasteiger partial charge in [-0.1, -0.05) is 48.0 Å². The van der Waals surface area contributed by atoms with Crippen LogP contribution in [0.3, 0.4) is 0 Å². The minimum atomic E-state index is -0.303. The fraction of sp³-hybridized carbons (Fsp3) is 0.368. The average molecular weight is 282 g/mol. The number of rotatable bonds is 4. The minimum absolute atomic E-state index is 0.303. The lowest BCUT2D eigenvalue weighted by Gasteiger charge is -2.27. The molecule has 2 nitrogen and oxygen atoms in total. The Labute approximate surface area is 126 Å². The predicted octanol–water partition coefficient (Wildman–Crippen LogP) is 3.85. The second-order valence-corrected chi connectivity index (χ2v) is 5.95. The summed E-state index contributed by atoms with van der Waals surface area (Å²) in [6.45, 7) is 2.84. The van der Waals surface area contributed by atoms with E-state index in [9.17, 15) is 5.11 Å². The van der Waals surface area contributed by atoms with E-state index in [1.165, 1.54) is 16.7 Å². The molecular formula is C19H22O2. The maximum atomic E-state index is 10.4. The molecule has 2 unspecified atom stereocenters. The summed E-state index contributed by atoms with van der Waals surface area (Å²) in [6, 6.07) is 16.6. The molecule has 0 aliphatic carbocycles. The molecule has 0 amide bonds. The second kappa shape index (κ2) is 6.31. The van der Waals surface area contributed by atoms with Gasteiger partial charge in [0.1, 0.15) is 5.75 Å². The number of hydrogen-bond donors (Lipinski definition) is 1. The summed E-state index contributed by atoms with van der Waals surface area (Å²) in [5, 5.41) is 10.4. The third-order valence-electron chi connectivity index (χ3n) is 4.19. The molecule has 0 saturated carbocycles. The Morgan fingerprint density at radius 3 is 2.90 bits per heavy atom. The van der Waals surface area contributed by atoms with E-state index in [1.54, 1.807) is 0 Å². The van der Waals surface area contributed by atoms with Crippen molar-refractivity contribution < 1.29 is 9.84 Å². The van der Waals surface area contributed by atoms with Crippen molar-refractivity contribution in [3.8, 4) is 5.75 Å². The Balaban J connectivity index is 1.67. The van der Waals surface area contributed by atoms with Gasteiger partial charge in [0.15, 0.2) is 0 Å². The Morgan fingerprint density at radius 1 is 1.19 bits per heavy atom. The van der Waals surface area contributed by atoms with Gasteiger partial charge in [0.2, 0.25) is 0 Å². The van der Waals surface area contributed by atoms with Crippen LogP contribution in [0.1, 0.15) is 35.4 Å². The van der Waals surface area contributed by atoms with Gasteiger partial charge in [-0.05, 0) is 49.3 Å². The molecule has 1 aliphatic heterocycles. The largest absolute Gasteiger partial charge is 0.493 e. The molecule has 0 bridgehead atoms. The summed E-state index contributed by atoms with van der Waals surface area (Å²) in [6.07, 6.45) is 2.21. The van der Waals surface area contributed by atoms with Crippen LogP contribution in [0.15, 0.2) is 48.5 Å². The molecule has 2 atom stereocenters. The van der Waals surface area contributed by atoms with Gasteiger partial charge in [-0.15, -0.1) is 0 Å². The lowest BCUT2D eigenvalue weighted by Crippen LogP contribution is -2.20. The number of hydrogen-bond acceptors (Lipinski definition) is 2. The van der Waals surface area contributed by atoms with Crippen LogP contribution in [0.5, 0.6) is 5.75 Å². The highest BCUT2D eigenvalue weighted by atomic mass is 16.5. The summed E-state index contributed by atoms with van der Waals surface area (Å²) in [4.78, 5) is 0. The first-order valence-corrected chi connectivity index (χ1v) is 7.67. The van der Waals surface area contributed by atoms with Crippen LogP contribution in [-0.4, -0.2) is 17.8 Å². The molecule has 1 aliphatic rings. The molecule has 0 aromatic heterocycles. The van der Waals surface area contributed by atoms with Gasteiger partial charge in [0.05, 0.1) is 12.7 Å². The Kier molecular flexibility index (Phi) is 4.26. The van der Waals surface area contributed by atoms with E-state index in [0.717, 1.165) is 31.6 Å². The fourth-order valence-electron chi connectivity index (χ4n) is 3.18. The van der Waals surface area contributed by atoms with Crippen LogP contribution in [0.2, 0.25) is 0 Å². The smallest absolute Gasteiger partial charge is 0.122 e. The zero-order valence-electron chi connectivity index (χ0n) is 12.5. The Hall–Kier alpha value is -1.80. The maximum absolute atomic E-state index is 10.4. The molecule has 2 aromatic rings. The van der Waals surface area contributed by atoms with E-state index in [4.69, 9.17) is 4.74 Å². The van der Waals surface area contributed by atoms with E-state index < -0.39 is 0 Å². The highest BCUT2D eigenvalue weighted by Gasteiger charge is 2.23. The molecule has 110 valence electrons. The van der Waals surface area contributed by atoms with Crippen molar-refractivity contribution in [2.75, 3.05) is 6.61 Å². The quantitative estimate of drug-likeness (QED) is 0.923. The summed E-state index contributed by atoms with van der Waals surface area (Å²) in [5.41, 5.74) is 3.70. The number of aliphatic hydroxyl groups excluding tert-OH is 1. The van der Waals surface area contributed by atoms with Crippen molar-refractivity contribution in [3.05, 3.63) is 65.2 Å². The molecule has 2 aromatic carbocycles. The second-order valence-electron chi connectivity index (χ2n) is 5.95. The molecule has 2 heteroatoms. The molecule has 21 heavy (non-hydrogen) atoms. The van der Waals surface area contributed by atoms with Gasteiger partial charge in [0, 0.05) is 0 Å². The SMILES string of the molecule is Cc1cccc(CC(O)CC2CCOc3ccccc32)c1. The molecule has 1 heterocycles. The molecule has 0 fully saturated rings. The lowest BCUT2D eigenvalue weighted by atomic mass is 9.87. The molecule has 0 radical (unpaired) electrons. The molecule has 0 spiro atoms. The number of para-hydroxylation sites is 1. The average Bonchev–Trinajstić information content (AvgIpc) is 2.47. The van der Waals surface area contributed by atoms with E-state index in [0.29, 0.717) is 5.92 Å². The van der Waals surface area contributed by atoms with Gasteiger partial charge in [-0.3, -0.25) is 0 Å². The van der Waals surface area contributed by atoms with Crippen molar-refractivity contribution >= 4 is 0 Å². The lowest BCUT2D eigenvalue weighted by molar-refractivity contribution is 0.143. The topological polar surface area (TPSA) is 29.5 Å². The van der Waals surface area contributed by atoms with Crippen molar-refractivity contribution in [1.29, 1.82) is 0 Å². The highest BCUT2D eigenvalue weighted by Crippen LogP contribution is 2.36. The summed E-state index contributed by atoms with van der Waals surface area (Å²) < 4.78 is 5.69. The molecular weight excluding hydrogens is 260 g/mol. The standard InChI is InChI=1S/C19H22O2/c1-14-5-4-6-15(11-14)12-17(20)13-16-9-10-21-19-8-3-2-7-18(16)19/h2-8,11,16-17,20H,9-10,12-13H2,1H3. The van der Waals surface area contributed by atoms with E-state index in [2.05, 4.69) is 37.3 Å². The first-order chi connectivity index (χ1) is 10.2. The van der Waals surface area contributed by atoms with Crippen molar-refractivity contribution in [2.45, 2.75) is 38.2 Å². The van der Waals surface area contributed by atoms with Crippen molar-refractivity contribution in [2.24, 2.45) is 0 Å². The summed E-state index contributed by atoms with van der Waals surface area (Å²) in [5.74, 6) is 1.38. The maximum Gasteiger partial charge on any atom is 0.122 e. The fourth-order valence-corrected chi connectivity index (χ4v) is 3.18. The van der Waals surface area contributed by atoms with Crippen LogP contribution in [0.4, 0.5) is 0 Å². The van der Waals surface area contributed by atoms with Gasteiger partial charge in [-0.2, -0.15) is 0 Å². The normalized spacial score (nSPS) is 18.7. The number of benzene rings is 2. The van der Waals surface area contributed by atoms with Crippen LogP contribution >= 0.6 is 0 Å². The highest BCUT2D eigenvalue weighted by molar-refractivity contribution is 5.37. The number of aliphatic hydroxyl groups is 1. The minimum Gasteiger partial charge on any atom is -0.493 e. The van der Waals surface area contributed by atoms with Crippen LogP contribution in [0, 0.1) is 6.92 Å². The van der Waals surface area contributed by atoms with Crippen molar-refractivity contribution in [1.82, 2.24) is 0 Å². The number of aryl methyl sites for hydroxylation is 1. The van der Waals surface area contributed by atoms with Gasteiger partial charge >= 0.3 is 0 Å². The van der Waals surface area contributed by atoms with Crippen LogP contribution < -0.4 is 4.74 Å². The zero-order chi connectivity index (χ0) is 14.7. The van der Waals surface area contributed by atoms with E-state index in [1.807, 2.05) is 18.2 Å². The van der Waals surface area contributed by atoms with Gasteiger partial charge in [-0.25, -0.2) is 0 Å². The monoisotopic (exact) mass is 282 g/mol. The third kappa shape index (κ3) is 3.45. The first-order valence-electron chi connectivity index (χ1n) is 7.67. The van der Waals surface area contributed by atoms with Crippen molar-refractivity contribution in [3.63, 3.8) is 0 Å². The third-order valence-corrected chi connectivity index (χ3v) is 4.19. The summed E-state index contributed by atoms with van der Waals surface area (Å²) >= 11 is 0. The van der Waals surface area contributed by atoms with Gasteiger partial charge in [0.25, 0.3) is 0 Å². The van der Waals surface area contributed by atoms with E-state index in [-0.39, 0.29) is 6.10 Å². The number of ether oxygens (including phenoxy) is 1. The van der Waals surface area contributed by atoms with Crippen LogP contribution in [-0.2, 0) is 6.42 Å². The first kappa shape index (κ1) is 14.2. The predicted molar refractivity (Wildman–Crippen MR) is 84.8 cm³/mol. The van der Waals surface area contributed by atoms with Crippen LogP contribution in [0.25, 0.3) is 0 Å². The Bertz CT molecular complexity index is 606. The zero-order valence-corrected chi connectivity index (χ0v) is 12.5. The van der Waals surface area contributed by atoms with Gasteiger partial charge < -0.3 is 9.84 Å². The number of fused-ring (bicyclic) bond motifs is 1.